The molecular weight excluding hydrogens is 207 g/mol. The molecule has 1 heterocycles. The second kappa shape index (κ2) is 3.56. The molecule has 0 saturated heterocycles. The molecule has 0 fully saturated rings. The van der Waals surface area contributed by atoms with Crippen molar-refractivity contribution in [2.24, 2.45) is 4.99 Å². The Bertz CT molecular complexity index is 386. The summed E-state index contributed by atoms with van der Waals surface area (Å²) in [5.74, 6) is 0. The van der Waals surface area contributed by atoms with Gasteiger partial charge >= 0.3 is 6.18 Å². The van der Waals surface area contributed by atoms with Gasteiger partial charge in [-0.25, -0.2) is 4.99 Å². The minimum absolute atomic E-state index is 0.251. The third kappa shape index (κ3) is 2.11. The highest BCUT2D eigenvalue weighted by Crippen LogP contribution is 2.31. The van der Waals surface area contributed by atoms with Crippen molar-refractivity contribution in [3.8, 4) is 0 Å². The molecule has 15 heavy (non-hydrogen) atoms. The monoisotopic (exact) mass is 214 g/mol. The van der Waals surface area contributed by atoms with Gasteiger partial charge in [0.25, 0.3) is 6.40 Å². The van der Waals surface area contributed by atoms with E-state index in [1.165, 1.54) is 6.07 Å². The number of hydrogen-bond donors (Lipinski definition) is 0. The molecule has 0 bridgehead atoms. The second-order valence-corrected chi connectivity index (χ2v) is 3.17. The first-order valence-electron chi connectivity index (χ1n) is 4.31. The largest absolute Gasteiger partial charge is 0.471 e. The lowest BCUT2D eigenvalue weighted by atomic mass is 10.1. The van der Waals surface area contributed by atoms with Crippen LogP contribution in [0.2, 0.25) is 0 Å². The van der Waals surface area contributed by atoms with E-state index < -0.39 is 11.7 Å². The third-order valence-corrected chi connectivity index (χ3v) is 2.11. The summed E-state index contributed by atoms with van der Waals surface area (Å²) in [4.78, 5) is 3.79. The van der Waals surface area contributed by atoms with Crippen LogP contribution in [0.3, 0.4) is 0 Å². The van der Waals surface area contributed by atoms with Gasteiger partial charge in [-0.2, -0.15) is 13.2 Å². The minimum Gasteiger partial charge on any atom is -0.471 e. The van der Waals surface area contributed by atoms with Crippen LogP contribution in [0.5, 0.6) is 0 Å². The first-order valence-corrected chi connectivity index (χ1v) is 4.31. The fourth-order valence-corrected chi connectivity index (χ4v) is 1.35. The average Bonchev–Trinajstić information content (AvgIpc) is 2.69. The van der Waals surface area contributed by atoms with Crippen LogP contribution in [0.4, 0.5) is 13.2 Å². The normalized spacial score (nSPS) is 20.3. The molecular formula is C10H7F3NO. The molecule has 1 unspecified atom stereocenters. The van der Waals surface area contributed by atoms with Gasteiger partial charge in [0.15, 0.2) is 0 Å². The van der Waals surface area contributed by atoms with Crippen LogP contribution in [-0.4, -0.2) is 13.0 Å². The summed E-state index contributed by atoms with van der Waals surface area (Å²) < 4.78 is 41.9. The molecule has 1 aliphatic heterocycles. The van der Waals surface area contributed by atoms with Gasteiger partial charge in [0, 0.05) is 0 Å². The van der Waals surface area contributed by atoms with Gasteiger partial charge in [-0.3, -0.25) is 0 Å². The molecule has 0 saturated carbocycles. The lowest BCUT2D eigenvalue weighted by molar-refractivity contribution is -0.137. The van der Waals surface area contributed by atoms with Crippen LogP contribution in [0.1, 0.15) is 17.2 Å². The molecule has 2 rings (SSSR count). The maximum atomic E-state index is 12.4. The molecule has 2 nitrogen and oxygen atoms in total. The molecule has 1 atom stereocenters. The summed E-state index contributed by atoms with van der Waals surface area (Å²) in [6.07, 6.45) is -2.04. The van der Waals surface area contributed by atoms with Crippen molar-refractivity contribution in [1.29, 1.82) is 0 Å². The molecule has 0 amide bonds. The summed E-state index contributed by atoms with van der Waals surface area (Å²) in [6.45, 7) is 0.251. The maximum absolute atomic E-state index is 12.4. The summed E-state index contributed by atoms with van der Waals surface area (Å²) in [7, 11) is 0. The van der Waals surface area contributed by atoms with Crippen molar-refractivity contribution in [2.75, 3.05) is 6.61 Å². The molecule has 1 radical (unpaired) electrons. The smallest absolute Gasteiger partial charge is 0.416 e. The topological polar surface area (TPSA) is 21.6 Å². The number of ether oxygens (including phenoxy) is 1. The number of hydrogen-bond acceptors (Lipinski definition) is 2. The Morgan fingerprint density at radius 3 is 2.80 bits per heavy atom. The van der Waals surface area contributed by atoms with Crippen molar-refractivity contribution in [2.45, 2.75) is 12.2 Å². The number of nitrogens with zero attached hydrogens (tertiary/aromatic N) is 1. The number of alkyl halides is 3. The molecule has 1 aliphatic rings. The van der Waals surface area contributed by atoms with Gasteiger partial charge in [-0.15, -0.1) is 0 Å². The zero-order chi connectivity index (χ0) is 10.9. The zero-order valence-electron chi connectivity index (χ0n) is 7.58. The van der Waals surface area contributed by atoms with E-state index >= 15 is 0 Å². The van der Waals surface area contributed by atoms with Crippen molar-refractivity contribution in [3.05, 3.63) is 35.4 Å². The SMILES string of the molecule is FC(F)(F)c1cccc(C2CO[C]=N2)c1. The maximum Gasteiger partial charge on any atom is 0.416 e. The standard InChI is InChI=1S/C10H7F3NO/c11-10(12,13)8-3-1-2-7(4-8)9-5-15-6-14-9/h1-4,9H,5H2. The van der Waals surface area contributed by atoms with Gasteiger partial charge in [0.05, 0.1) is 5.56 Å². The summed E-state index contributed by atoms with van der Waals surface area (Å²) in [6, 6.07) is 4.72. The molecule has 79 valence electrons. The predicted octanol–water partition coefficient (Wildman–Crippen LogP) is 2.68. The van der Waals surface area contributed by atoms with Gasteiger partial charge in [-0.05, 0) is 17.7 Å². The summed E-state index contributed by atoms with van der Waals surface area (Å²) >= 11 is 0. The van der Waals surface area contributed by atoms with Gasteiger partial charge in [-0.1, -0.05) is 12.1 Å². The summed E-state index contributed by atoms with van der Waals surface area (Å²) in [5, 5.41) is 0. The highest BCUT2D eigenvalue weighted by atomic mass is 19.4. The number of benzene rings is 1. The molecule has 0 aromatic heterocycles. The average molecular weight is 214 g/mol. The summed E-state index contributed by atoms with van der Waals surface area (Å²) in [5.41, 5.74) is -0.170. The molecule has 1 aromatic rings. The van der Waals surface area contributed by atoms with Crippen molar-refractivity contribution >= 4 is 6.40 Å². The highest BCUT2D eigenvalue weighted by molar-refractivity contribution is 5.50. The van der Waals surface area contributed by atoms with E-state index in [2.05, 4.69) is 11.4 Å². The van der Waals surface area contributed by atoms with E-state index in [1.54, 1.807) is 6.07 Å². The van der Waals surface area contributed by atoms with Crippen LogP contribution >= 0.6 is 0 Å². The molecule has 0 spiro atoms. The number of halogens is 3. The second-order valence-electron chi connectivity index (χ2n) is 3.17. The van der Waals surface area contributed by atoms with Crippen LogP contribution in [-0.2, 0) is 10.9 Å². The number of aliphatic imine (C=N–C) groups is 1. The van der Waals surface area contributed by atoms with Crippen molar-refractivity contribution in [1.82, 2.24) is 0 Å². The molecule has 0 aliphatic carbocycles. The highest BCUT2D eigenvalue weighted by Gasteiger charge is 2.31. The number of rotatable bonds is 1. The first-order chi connectivity index (χ1) is 7.07. The predicted molar refractivity (Wildman–Crippen MR) is 47.6 cm³/mol. The Kier molecular flexibility index (Phi) is 2.38. The Labute approximate surface area is 84.4 Å². The Morgan fingerprint density at radius 1 is 1.40 bits per heavy atom. The van der Waals surface area contributed by atoms with E-state index in [0.29, 0.717) is 5.56 Å². The molecule has 0 N–H and O–H groups in total. The molecule has 5 heteroatoms. The van der Waals surface area contributed by atoms with Crippen LogP contribution in [0.15, 0.2) is 29.3 Å². The van der Waals surface area contributed by atoms with Crippen molar-refractivity contribution < 1.29 is 17.9 Å². The van der Waals surface area contributed by atoms with Crippen LogP contribution in [0.25, 0.3) is 0 Å². The van der Waals surface area contributed by atoms with E-state index in [1.807, 2.05) is 0 Å². The first kappa shape index (κ1) is 10.0. The Morgan fingerprint density at radius 2 is 2.20 bits per heavy atom. The van der Waals surface area contributed by atoms with Gasteiger partial charge in [0.2, 0.25) is 0 Å². The fraction of sp³-hybridized carbons (Fsp3) is 0.300. The van der Waals surface area contributed by atoms with Crippen LogP contribution < -0.4 is 0 Å². The van der Waals surface area contributed by atoms with E-state index in [4.69, 9.17) is 4.74 Å². The van der Waals surface area contributed by atoms with E-state index in [-0.39, 0.29) is 12.6 Å². The van der Waals surface area contributed by atoms with Gasteiger partial charge in [0.1, 0.15) is 12.6 Å². The lowest BCUT2D eigenvalue weighted by Crippen LogP contribution is -2.06. The zero-order valence-corrected chi connectivity index (χ0v) is 7.58. The van der Waals surface area contributed by atoms with Crippen molar-refractivity contribution in [3.63, 3.8) is 0 Å². The molecule has 1 aromatic carbocycles. The van der Waals surface area contributed by atoms with E-state index in [9.17, 15) is 13.2 Å². The lowest BCUT2D eigenvalue weighted by Gasteiger charge is -2.10. The fourth-order valence-electron chi connectivity index (χ4n) is 1.35. The minimum atomic E-state index is -4.32. The Hall–Kier alpha value is -1.52. The quantitative estimate of drug-likeness (QED) is 0.704. The van der Waals surface area contributed by atoms with E-state index in [0.717, 1.165) is 12.1 Å². The Balaban J connectivity index is 2.30. The third-order valence-electron chi connectivity index (χ3n) is 2.11. The van der Waals surface area contributed by atoms with Crippen LogP contribution in [0, 0.1) is 0 Å². The van der Waals surface area contributed by atoms with Gasteiger partial charge < -0.3 is 4.74 Å².